The van der Waals surface area contributed by atoms with Crippen molar-refractivity contribution in [2.24, 2.45) is 5.92 Å². The second-order valence-corrected chi connectivity index (χ2v) is 16.9. The lowest BCUT2D eigenvalue weighted by Crippen LogP contribution is -2.30. The molecule has 0 spiro atoms. The number of carbonyl (C=O) groups excluding carboxylic acids is 3. The summed E-state index contributed by atoms with van der Waals surface area (Å²) < 4.78 is 16.7. The monoisotopic (exact) mass is 765 g/mol. The lowest BCUT2D eigenvalue weighted by molar-refractivity contribution is -0.167. The molecule has 0 heterocycles. The lowest BCUT2D eigenvalue weighted by Gasteiger charge is -2.18. The van der Waals surface area contributed by atoms with Crippen LogP contribution in [0.5, 0.6) is 0 Å². The Hall–Kier alpha value is -1.59. The molecule has 0 amide bonds. The van der Waals surface area contributed by atoms with Gasteiger partial charge in [-0.1, -0.05) is 227 Å². The van der Waals surface area contributed by atoms with Gasteiger partial charge in [0, 0.05) is 19.3 Å². The number of unbranched alkanes of at least 4 members (excludes halogenated alkanes) is 30. The molecule has 1 atom stereocenters. The van der Waals surface area contributed by atoms with Gasteiger partial charge in [0.05, 0.1) is 0 Å². The average Bonchev–Trinajstić information content (AvgIpc) is 3.15. The Kier molecular flexibility index (Phi) is 41.3. The number of carbonyl (C=O) groups is 3. The second-order valence-electron chi connectivity index (χ2n) is 16.9. The van der Waals surface area contributed by atoms with Crippen LogP contribution in [-0.4, -0.2) is 37.2 Å². The molecule has 0 aliphatic carbocycles. The highest BCUT2D eigenvalue weighted by Crippen LogP contribution is 2.16. The highest BCUT2D eigenvalue weighted by Gasteiger charge is 2.19. The van der Waals surface area contributed by atoms with E-state index in [1.165, 1.54) is 161 Å². The standard InChI is InChI=1S/C48H92O6/c1-5-7-9-11-13-15-19-24-28-32-36-40-47(50)53-43-45(42-52-46(49)39-35-31-27-23-16-14-12-10-8-6-2)54-48(51)41-37-33-29-25-21-18-17-20-22-26-30-34-38-44(3)4/h44-45H,5-43H2,1-4H3/t45-/m1/s1. The molecule has 0 aromatic rings. The van der Waals surface area contributed by atoms with Crippen molar-refractivity contribution >= 4 is 17.9 Å². The number of hydrogen-bond donors (Lipinski definition) is 0. The fourth-order valence-electron chi connectivity index (χ4n) is 7.16. The first-order valence-corrected chi connectivity index (χ1v) is 23.9. The smallest absolute Gasteiger partial charge is 0.306 e. The fraction of sp³-hybridized carbons (Fsp3) is 0.938. The van der Waals surface area contributed by atoms with E-state index < -0.39 is 6.10 Å². The van der Waals surface area contributed by atoms with Gasteiger partial charge in [-0.05, 0) is 25.2 Å². The van der Waals surface area contributed by atoms with Gasteiger partial charge in [-0.15, -0.1) is 0 Å². The maximum absolute atomic E-state index is 12.7. The van der Waals surface area contributed by atoms with Gasteiger partial charge in [0.15, 0.2) is 6.10 Å². The molecule has 320 valence electrons. The van der Waals surface area contributed by atoms with Crippen molar-refractivity contribution in [3.05, 3.63) is 0 Å². The summed E-state index contributed by atoms with van der Waals surface area (Å²) in [6.45, 7) is 8.99. The maximum atomic E-state index is 12.7. The van der Waals surface area contributed by atoms with Gasteiger partial charge in [0.1, 0.15) is 13.2 Å². The molecule has 0 unspecified atom stereocenters. The third-order valence-corrected chi connectivity index (χ3v) is 10.8. The first-order chi connectivity index (χ1) is 26.4. The molecule has 0 aromatic heterocycles. The van der Waals surface area contributed by atoms with Gasteiger partial charge in [-0.25, -0.2) is 0 Å². The highest BCUT2D eigenvalue weighted by atomic mass is 16.6. The van der Waals surface area contributed by atoms with Crippen LogP contribution in [0.4, 0.5) is 0 Å². The van der Waals surface area contributed by atoms with E-state index in [1.54, 1.807) is 0 Å². The van der Waals surface area contributed by atoms with Crippen LogP contribution >= 0.6 is 0 Å². The SMILES string of the molecule is CCCCCCCCCCCCCC(=O)OC[C@@H](COC(=O)CCCCCCCCCCCC)OC(=O)CCCCCCCCCCCCCCC(C)C. The summed E-state index contributed by atoms with van der Waals surface area (Å²) >= 11 is 0. The molecule has 0 saturated heterocycles. The number of esters is 3. The molecular weight excluding hydrogens is 673 g/mol. The first kappa shape index (κ1) is 52.4. The highest BCUT2D eigenvalue weighted by molar-refractivity contribution is 5.71. The third kappa shape index (κ3) is 41.6. The van der Waals surface area contributed by atoms with Crippen molar-refractivity contribution in [3.63, 3.8) is 0 Å². The fourth-order valence-corrected chi connectivity index (χ4v) is 7.16. The van der Waals surface area contributed by atoms with E-state index in [0.29, 0.717) is 19.3 Å². The molecule has 0 N–H and O–H groups in total. The van der Waals surface area contributed by atoms with Crippen molar-refractivity contribution in [1.82, 2.24) is 0 Å². The Bertz CT molecular complexity index is 811. The summed E-state index contributed by atoms with van der Waals surface area (Å²) in [6, 6.07) is 0. The van der Waals surface area contributed by atoms with Crippen molar-refractivity contribution < 1.29 is 28.6 Å². The van der Waals surface area contributed by atoms with Gasteiger partial charge in [-0.3, -0.25) is 14.4 Å². The van der Waals surface area contributed by atoms with E-state index in [4.69, 9.17) is 14.2 Å². The zero-order chi connectivity index (χ0) is 39.6. The molecule has 0 fully saturated rings. The van der Waals surface area contributed by atoms with E-state index >= 15 is 0 Å². The minimum Gasteiger partial charge on any atom is -0.462 e. The van der Waals surface area contributed by atoms with Gasteiger partial charge in [0.25, 0.3) is 0 Å². The summed E-state index contributed by atoms with van der Waals surface area (Å²) in [5.41, 5.74) is 0. The molecule has 0 aromatic carbocycles. The van der Waals surface area contributed by atoms with Crippen LogP contribution in [0.2, 0.25) is 0 Å². The van der Waals surface area contributed by atoms with E-state index in [9.17, 15) is 14.4 Å². The zero-order valence-electron chi connectivity index (χ0n) is 36.7. The van der Waals surface area contributed by atoms with Gasteiger partial charge >= 0.3 is 17.9 Å². The molecule has 54 heavy (non-hydrogen) atoms. The minimum absolute atomic E-state index is 0.0634. The van der Waals surface area contributed by atoms with E-state index in [1.807, 2.05) is 0 Å². The molecular formula is C48H92O6. The molecule has 0 aliphatic heterocycles. The third-order valence-electron chi connectivity index (χ3n) is 10.8. The Morgan fingerprint density at radius 2 is 0.611 bits per heavy atom. The quantitative estimate of drug-likeness (QED) is 0.0349. The average molecular weight is 765 g/mol. The molecule has 6 nitrogen and oxygen atoms in total. The Morgan fingerprint density at radius 1 is 0.352 bits per heavy atom. The summed E-state index contributed by atoms with van der Waals surface area (Å²) in [6.07, 6.45) is 42.2. The molecule has 6 heteroatoms. The predicted molar refractivity (Wildman–Crippen MR) is 229 cm³/mol. The molecule has 0 saturated carbocycles. The second kappa shape index (κ2) is 42.6. The predicted octanol–water partition coefficient (Wildman–Crippen LogP) is 15.1. The van der Waals surface area contributed by atoms with Crippen molar-refractivity contribution in [2.45, 2.75) is 271 Å². The van der Waals surface area contributed by atoms with Crippen LogP contribution in [-0.2, 0) is 28.6 Å². The number of hydrogen-bond acceptors (Lipinski definition) is 6. The lowest BCUT2D eigenvalue weighted by atomic mass is 10.0. The minimum atomic E-state index is -0.759. The summed E-state index contributed by atoms with van der Waals surface area (Å²) in [7, 11) is 0. The summed E-state index contributed by atoms with van der Waals surface area (Å²) in [5.74, 6) is -0.0199. The van der Waals surface area contributed by atoms with Crippen molar-refractivity contribution in [1.29, 1.82) is 0 Å². The van der Waals surface area contributed by atoms with Crippen LogP contribution in [0.1, 0.15) is 265 Å². The van der Waals surface area contributed by atoms with Gasteiger partial charge < -0.3 is 14.2 Å². The topological polar surface area (TPSA) is 78.9 Å². The van der Waals surface area contributed by atoms with Crippen molar-refractivity contribution in [3.8, 4) is 0 Å². The van der Waals surface area contributed by atoms with Gasteiger partial charge in [-0.2, -0.15) is 0 Å². The van der Waals surface area contributed by atoms with Crippen molar-refractivity contribution in [2.75, 3.05) is 13.2 Å². The van der Waals surface area contributed by atoms with Crippen LogP contribution in [0.3, 0.4) is 0 Å². The summed E-state index contributed by atoms with van der Waals surface area (Å²) in [4.78, 5) is 37.7. The molecule has 0 aliphatic rings. The van der Waals surface area contributed by atoms with Gasteiger partial charge in [0.2, 0.25) is 0 Å². The Balaban J connectivity index is 4.31. The van der Waals surface area contributed by atoms with Crippen LogP contribution < -0.4 is 0 Å². The molecule has 0 rings (SSSR count). The first-order valence-electron chi connectivity index (χ1n) is 23.9. The van der Waals surface area contributed by atoms with E-state index in [-0.39, 0.29) is 31.1 Å². The Morgan fingerprint density at radius 3 is 0.907 bits per heavy atom. The molecule has 0 bridgehead atoms. The number of rotatable bonds is 43. The Labute approximate surface area is 336 Å². The number of ether oxygens (including phenoxy) is 3. The normalized spacial score (nSPS) is 11.9. The molecule has 0 radical (unpaired) electrons. The van der Waals surface area contributed by atoms with E-state index in [2.05, 4.69) is 27.7 Å². The van der Waals surface area contributed by atoms with Crippen LogP contribution in [0, 0.1) is 5.92 Å². The van der Waals surface area contributed by atoms with E-state index in [0.717, 1.165) is 63.7 Å². The summed E-state index contributed by atoms with van der Waals surface area (Å²) in [5, 5.41) is 0. The van der Waals surface area contributed by atoms with Crippen LogP contribution in [0.15, 0.2) is 0 Å². The van der Waals surface area contributed by atoms with Crippen LogP contribution in [0.25, 0.3) is 0 Å². The maximum Gasteiger partial charge on any atom is 0.306 e. The largest absolute Gasteiger partial charge is 0.462 e. The zero-order valence-corrected chi connectivity index (χ0v) is 36.7.